The lowest BCUT2D eigenvalue weighted by atomic mass is 10.2. The van der Waals surface area contributed by atoms with E-state index in [9.17, 15) is 19.7 Å². The molecule has 1 saturated heterocycles. The zero-order valence-electron chi connectivity index (χ0n) is 18.2. The number of methoxy groups -OCH3 is 1. The van der Waals surface area contributed by atoms with Crippen LogP contribution < -0.4 is 10.1 Å². The van der Waals surface area contributed by atoms with Gasteiger partial charge in [0, 0.05) is 62.2 Å². The van der Waals surface area contributed by atoms with Gasteiger partial charge in [0.2, 0.25) is 5.91 Å². The molecule has 10 nitrogen and oxygen atoms in total. The number of ether oxygens (including phenoxy) is 1. The molecule has 1 fully saturated rings. The van der Waals surface area contributed by atoms with Gasteiger partial charge in [-0.3, -0.25) is 24.6 Å². The first kappa shape index (κ1) is 22.3. The Morgan fingerprint density at radius 1 is 1.12 bits per heavy atom. The number of piperazine rings is 1. The number of anilines is 1. The quantitative estimate of drug-likeness (QED) is 0.421. The molecule has 0 saturated carbocycles. The number of fused-ring (bicyclic) bond motifs is 1. The molecule has 10 heteroatoms. The molecule has 1 aliphatic rings. The van der Waals surface area contributed by atoms with Crippen molar-refractivity contribution in [2.45, 2.75) is 6.42 Å². The van der Waals surface area contributed by atoms with Crippen LogP contribution in [0, 0.1) is 10.1 Å². The van der Waals surface area contributed by atoms with Crippen molar-refractivity contribution in [3.8, 4) is 5.75 Å². The van der Waals surface area contributed by atoms with Crippen molar-refractivity contribution < 1.29 is 19.2 Å². The van der Waals surface area contributed by atoms with Crippen molar-refractivity contribution in [2.75, 3.05) is 45.2 Å². The number of aromatic amines is 1. The molecule has 0 aliphatic carbocycles. The van der Waals surface area contributed by atoms with E-state index in [1.54, 1.807) is 0 Å². The summed E-state index contributed by atoms with van der Waals surface area (Å²) in [6.07, 6.45) is 0.224. The predicted octanol–water partition coefficient (Wildman–Crippen LogP) is 2.87. The first-order valence-electron chi connectivity index (χ1n) is 10.7. The summed E-state index contributed by atoms with van der Waals surface area (Å²) in [6, 6.07) is 13.7. The third kappa shape index (κ3) is 5.12. The van der Waals surface area contributed by atoms with Crippen LogP contribution in [0.25, 0.3) is 10.9 Å². The van der Waals surface area contributed by atoms with E-state index in [0.717, 1.165) is 10.9 Å². The fourth-order valence-electron chi connectivity index (χ4n) is 3.91. The van der Waals surface area contributed by atoms with E-state index in [1.165, 1.54) is 25.3 Å². The van der Waals surface area contributed by atoms with Crippen LogP contribution in [0.2, 0.25) is 0 Å². The summed E-state index contributed by atoms with van der Waals surface area (Å²) < 4.78 is 5.18. The summed E-state index contributed by atoms with van der Waals surface area (Å²) in [6.45, 7) is 3.01. The van der Waals surface area contributed by atoms with E-state index in [0.29, 0.717) is 44.2 Å². The average Bonchev–Trinajstić information content (AvgIpc) is 3.27. The van der Waals surface area contributed by atoms with Gasteiger partial charge in [-0.05, 0) is 18.2 Å². The van der Waals surface area contributed by atoms with Crippen LogP contribution >= 0.6 is 0 Å². The number of nitro groups is 1. The van der Waals surface area contributed by atoms with Crippen molar-refractivity contribution in [2.24, 2.45) is 0 Å². The highest BCUT2D eigenvalue weighted by Gasteiger charge is 2.23. The molecular formula is C23H25N5O5. The molecule has 0 bridgehead atoms. The maximum absolute atomic E-state index is 12.8. The lowest BCUT2D eigenvalue weighted by Crippen LogP contribution is -2.49. The van der Waals surface area contributed by atoms with Crippen molar-refractivity contribution in [3.63, 3.8) is 0 Å². The van der Waals surface area contributed by atoms with Gasteiger partial charge in [-0.1, -0.05) is 18.2 Å². The molecule has 0 atom stereocenters. The first-order valence-corrected chi connectivity index (χ1v) is 10.7. The standard InChI is InChI=1S/C23H25N5O5/c1-33-21-7-6-17(28(31)32)15-19(21)25-22(29)8-9-26-10-12-27(13-11-26)23(30)20-14-16-4-2-3-5-18(16)24-20/h2-7,14-15,24H,8-13H2,1H3,(H,25,29). The molecule has 2 aromatic carbocycles. The van der Waals surface area contributed by atoms with Crippen molar-refractivity contribution in [1.29, 1.82) is 0 Å². The van der Waals surface area contributed by atoms with Crippen LogP contribution in [-0.4, -0.2) is 71.4 Å². The maximum Gasteiger partial charge on any atom is 0.271 e. The number of non-ortho nitro benzene ring substituents is 1. The van der Waals surface area contributed by atoms with Crippen LogP contribution in [-0.2, 0) is 4.79 Å². The normalized spacial score (nSPS) is 14.3. The third-order valence-electron chi connectivity index (χ3n) is 5.74. The fourth-order valence-corrected chi connectivity index (χ4v) is 3.91. The molecular weight excluding hydrogens is 426 g/mol. The number of hydrogen-bond acceptors (Lipinski definition) is 6. The Balaban J connectivity index is 1.27. The van der Waals surface area contributed by atoms with Gasteiger partial charge in [0.15, 0.2) is 0 Å². The van der Waals surface area contributed by atoms with Crippen molar-refractivity contribution in [3.05, 3.63) is 64.3 Å². The van der Waals surface area contributed by atoms with E-state index in [2.05, 4.69) is 15.2 Å². The minimum atomic E-state index is -0.522. The lowest BCUT2D eigenvalue weighted by molar-refractivity contribution is -0.384. The summed E-state index contributed by atoms with van der Waals surface area (Å²) in [7, 11) is 1.44. The lowest BCUT2D eigenvalue weighted by Gasteiger charge is -2.34. The Labute approximate surface area is 190 Å². The van der Waals surface area contributed by atoms with Gasteiger partial charge in [0.1, 0.15) is 11.4 Å². The van der Waals surface area contributed by atoms with E-state index >= 15 is 0 Å². The number of carbonyl (C=O) groups excluding carboxylic acids is 2. The van der Waals surface area contributed by atoms with Gasteiger partial charge in [-0.25, -0.2) is 0 Å². The number of nitro benzene ring substituents is 1. The molecule has 2 heterocycles. The SMILES string of the molecule is COc1ccc([N+](=O)[O-])cc1NC(=O)CCN1CCN(C(=O)c2cc3ccccc3[nH]2)CC1. The summed E-state index contributed by atoms with van der Waals surface area (Å²) in [5, 5.41) is 14.7. The summed E-state index contributed by atoms with van der Waals surface area (Å²) >= 11 is 0. The number of nitrogens with one attached hydrogen (secondary N) is 2. The number of aromatic nitrogens is 1. The number of benzene rings is 2. The summed E-state index contributed by atoms with van der Waals surface area (Å²) in [5.41, 5.74) is 1.66. The number of para-hydroxylation sites is 1. The molecule has 1 aliphatic heterocycles. The van der Waals surface area contributed by atoms with E-state index < -0.39 is 4.92 Å². The van der Waals surface area contributed by atoms with Crippen LogP contribution in [0.1, 0.15) is 16.9 Å². The third-order valence-corrected chi connectivity index (χ3v) is 5.74. The molecule has 2 N–H and O–H groups in total. The number of H-pyrrole nitrogens is 1. The highest BCUT2D eigenvalue weighted by atomic mass is 16.6. The average molecular weight is 451 g/mol. The highest BCUT2D eigenvalue weighted by molar-refractivity contribution is 5.98. The second-order valence-electron chi connectivity index (χ2n) is 7.84. The smallest absolute Gasteiger partial charge is 0.271 e. The van der Waals surface area contributed by atoms with Gasteiger partial charge >= 0.3 is 0 Å². The Bertz CT molecular complexity index is 1150. The zero-order chi connectivity index (χ0) is 23.4. The number of hydrogen-bond donors (Lipinski definition) is 2. The first-order chi connectivity index (χ1) is 15.9. The molecule has 172 valence electrons. The molecule has 4 rings (SSSR count). The Hall–Kier alpha value is -3.92. The molecule has 33 heavy (non-hydrogen) atoms. The fraction of sp³-hybridized carbons (Fsp3) is 0.304. The highest BCUT2D eigenvalue weighted by Crippen LogP contribution is 2.29. The topological polar surface area (TPSA) is 121 Å². The van der Waals surface area contributed by atoms with Crippen molar-refractivity contribution in [1.82, 2.24) is 14.8 Å². The Morgan fingerprint density at radius 2 is 1.88 bits per heavy atom. The van der Waals surface area contributed by atoms with Gasteiger partial charge in [0.05, 0.1) is 17.7 Å². The molecule has 0 spiro atoms. The van der Waals surface area contributed by atoms with Gasteiger partial charge < -0.3 is 19.9 Å². The molecule has 3 aromatic rings. The number of carbonyl (C=O) groups is 2. The van der Waals surface area contributed by atoms with Crippen LogP contribution in [0.5, 0.6) is 5.75 Å². The minimum absolute atomic E-state index is 0.0265. The van der Waals surface area contributed by atoms with Gasteiger partial charge in [-0.15, -0.1) is 0 Å². The van der Waals surface area contributed by atoms with Crippen molar-refractivity contribution >= 4 is 34.1 Å². The zero-order valence-corrected chi connectivity index (χ0v) is 18.2. The van der Waals surface area contributed by atoms with Crippen LogP contribution in [0.15, 0.2) is 48.5 Å². The summed E-state index contributed by atoms with van der Waals surface area (Å²) in [4.78, 5) is 42.8. The minimum Gasteiger partial charge on any atom is -0.495 e. The van der Waals surface area contributed by atoms with E-state index in [4.69, 9.17) is 4.74 Å². The molecule has 1 aromatic heterocycles. The number of nitrogens with zero attached hydrogens (tertiary/aromatic N) is 3. The Kier molecular flexibility index (Phi) is 6.55. The molecule has 0 radical (unpaired) electrons. The van der Waals surface area contributed by atoms with Gasteiger partial charge in [-0.2, -0.15) is 0 Å². The molecule has 2 amide bonds. The van der Waals surface area contributed by atoms with Gasteiger partial charge in [0.25, 0.3) is 11.6 Å². The van der Waals surface area contributed by atoms with E-state index in [1.807, 2.05) is 35.2 Å². The second-order valence-corrected chi connectivity index (χ2v) is 7.84. The number of rotatable bonds is 7. The van der Waals surface area contributed by atoms with E-state index in [-0.39, 0.29) is 29.6 Å². The summed E-state index contributed by atoms with van der Waals surface area (Å²) in [5.74, 6) is 0.0739. The van der Waals surface area contributed by atoms with Crippen LogP contribution in [0.3, 0.4) is 0 Å². The van der Waals surface area contributed by atoms with Crippen LogP contribution in [0.4, 0.5) is 11.4 Å². The molecule has 0 unspecified atom stereocenters. The Morgan fingerprint density at radius 3 is 2.58 bits per heavy atom. The monoisotopic (exact) mass is 451 g/mol. The largest absolute Gasteiger partial charge is 0.495 e. The second kappa shape index (κ2) is 9.70. The maximum atomic E-state index is 12.8. The number of amides is 2. The predicted molar refractivity (Wildman–Crippen MR) is 124 cm³/mol.